The summed E-state index contributed by atoms with van der Waals surface area (Å²) in [5.41, 5.74) is 1.78. The predicted octanol–water partition coefficient (Wildman–Crippen LogP) is 3.44. The first kappa shape index (κ1) is 17.8. The zero-order valence-electron chi connectivity index (χ0n) is 14.9. The Balaban J connectivity index is 1.83. The van der Waals surface area contributed by atoms with Crippen LogP contribution in [-0.4, -0.2) is 14.5 Å². The maximum absolute atomic E-state index is 12.9. The van der Waals surface area contributed by atoms with Gasteiger partial charge in [-0.2, -0.15) is 0 Å². The van der Waals surface area contributed by atoms with E-state index in [0.29, 0.717) is 16.6 Å². The van der Waals surface area contributed by atoms with E-state index >= 15 is 0 Å². The Hall–Kier alpha value is -3.62. The van der Waals surface area contributed by atoms with Crippen LogP contribution in [0.4, 0.5) is 0 Å². The van der Waals surface area contributed by atoms with E-state index in [9.17, 15) is 9.59 Å². The quantitative estimate of drug-likeness (QED) is 0.509. The maximum Gasteiger partial charge on any atom is 0.334 e. The normalized spacial score (nSPS) is 10.5. The molecule has 0 radical (unpaired) electrons. The van der Waals surface area contributed by atoms with Gasteiger partial charge >= 0.3 is 5.69 Å². The van der Waals surface area contributed by atoms with Crippen LogP contribution in [0.2, 0.25) is 5.02 Å². The monoisotopic (exact) mass is 387 g/mol. The van der Waals surface area contributed by atoms with E-state index in [4.69, 9.17) is 11.6 Å². The van der Waals surface area contributed by atoms with Gasteiger partial charge in [0, 0.05) is 17.3 Å². The van der Waals surface area contributed by atoms with Gasteiger partial charge in [0.05, 0.1) is 16.1 Å². The van der Waals surface area contributed by atoms with Gasteiger partial charge in [-0.05, 0) is 48.9 Å². The van der Waals surface area contributed by atoms with Crippen LogP contribution in [0.5, 0.6) is 0 Å². The zero-order valence-corrected chi connectivity index (χ0v) is 15.6. The van der Waals surface area contributed by atoms with Crippen LogP contribution in [0.1, 0.15) is 16.7 Å². The molecule has 0 bridgehead atoms. The molecule has 28 heavy (non-hydrogen) atoms. The van der Waals surface area contributed by atoms with Gasteiger partial charge in [0.2, 0.25) is 0 Å². The van der Waals surface area contributed by atoms with Gasteiger partial charge in [0.25, 0.3) is 5.56 Å². The lowest BCUT2D eigenvalue weighted by Gasteiger charge is -2.09. The SMILES string of the molecule is Cc1ccnc2[nH]c(=O)n(-c3ccc(C#Cc4ccccc4)cc3Cl)c(=O)c12. The average molecular weight is 388 g/mol. The summed E-state index contributed by atoms with van der Waals surface area (Å²) in [6.45, 7) is 1.79. The van der Waals surface area contributed by atoms with Crippen LogP contribution in [-0.2, 0) is 0 Å². The Kier molecular flexibility index (Phi) is 4.56. The van der Waals surface area contributed by atoms with Crippen LogP contribution >= 0.6 is 11.6 Å². The number of nitrogens with one attached hydrogen (secondary N) is 1. The standard InChI is InChI=1S/C22H14ClN3O2/c1-14-11-12-24-20-19(14)21(27)26(22(28)25-20)18-10-9-16(13-17(18)23)8-7-15-5-3-2-4-6-15/h2-6,9-13H,1H3,(H,24,25,28). The number of rotatable bonds is 1. The molecule has 4 aromatic rings. The smallest absolute Gasteiger partial charge is 0.291 e. The number of aromatic nitrogens is 3. The molecule has 0 saturated carbocycles. The fourth-order valence-electron chi connectivity index (χ4n) is 2.93. The van der Waals surface area contributed by atoms with Crippen molar-refractivity contribution in [2.45, 2.75) is 6.92 Å². The van der Waals surface area contributed by atoms with E-state index in [2.05, 4.69) is 21.8 Å². The molecule has 0 saturated heterocycles. The summed E-state index contributed by atoms with van der Waals surface area (Å²) in [6.07, 6.45) is 1.55. The second-order valence-electron chi connectivity index (χ2n) is 6.20. The summed E-state index contributed by atoms with van der Waals surface area (Å²) in [5.74, 6) is 6.08. The van der Waals surface area contributed by atoms with E-state index in [-0.39, 0.29) is 10.7 Å². The number of hydrogen-bond acceptors (Lipinski definition) is 3. The van der Waals surface area contributed by atoms with Crippen molar-refractivity contribution in [3.05, 3.63) is 103 Å². The molecule has 6 heteroatoms. The number of benzene rings is 2. The van der Waals surface area contributed by atoms with Crippen molar-refractivity contribution in [2.75, 3.05) is 0 Å². The van der Waals surface area contributed by atoms with Crippen LogP contribution < -0.4 is 11.2 Å². The molecule has 136 valence electrons. The average Bonchev–Trinajstić information content (AvgIpc) is 2.68. The Morgan fingerprint density at radius 1 is 1.00 bits per heavy atom. The summed E-state index contributed by atoms with van der Waals surface area (Å²) >= 11 is 6.38. The minimum absolute atomic E-state index is 0.257. The number of aromatic amines is 1. The van der Waals surface area contributed by atoms with E-state index in [1.807, 2.05) is 30.3 Å². The number of pyridine rings is 1. The molecule has 2 heterocycles. The first-order valence-electron chi connectivity index (χ1n) is 8.52. The first-order valence-corrected chi connectivity index (χ1v) is 8.90. The summed E-state index contributed by atoms with van der Waals surface area (Å²) in [5, 5.41) is 0.611. The highest BCUT2D eigenvalue weighted by atomic mass is 35.5. The summed E-state index contributed by atoms with van der Waals surface area (Å²) in [6, 6.07) is 16.3. The van der Waals surface area contributed by atoms with Crippen molar-refractivity contribution in [2.24, 2.45) is 0 Å². The number of nitrogens with zero attached hydrogens (tertiary/aromatic N) is 2. The van der Waals surface area contributed by atoms with Gasteiger partial charge in [-0.15, -0.1) is 0 Å². The van der Waals surface area contributed by atoms with Crippen LogP contribution in [0, 0.1) is 18.8 Å². The Morgan fingerprint density at radius 3 is 2.50 bits per heavy atom. The summed E-state index contributed by atoms with van der Waals surface area (Å²) in [7, 11) is 0. The van der Waals surface area contributed by atoms with Gasteiger partial charge < -0.3 is 0 Å². The molecule has 0 aliphatic rings. The van der Waals surface area contributed by atoms with Gasteiger partial charge in [0.1, 0.15) is 5.65 Å². The van der Waals surface area contributed by atoms with E-state index < -0.39 is 11.2 Å². The number of aryl methyl sites for hydroxylation is 1. The van der Waals surface area contributed by atoms with Gasteiger partial charge in [0.15, 0.2) is 0 Å². The lowest BCUT2D eigenvalue weighted by Crippen LogP contribution is -2.34. The van der Waals surface area contributed by atoms with E-state index in [0.717, 1.165) is 15.7 Å². The van der Waals surface area contributed by atoms with Crippen LogP contribution in [0.3, 0.4) is 0 Å². The Morgan fingerprint density at radius 2 is 1.75 bits per heavy atom. The molecule has 1 N–H and O–H groups in total. The third-order valence-electron chi connectivity index (χ3n) is 4.32. The number of halogens is 1. The predicted molar refractivity (Wildman–Crippen MR) is 110 cm³/mol. The second-order valence-corrected chi connectivity index (χ2v) is 6.61. The second kappa shape index (κ2) is 7.18. The van der Waals surface area contributed by atoms with Crippen molar-refractivity contribution in [3.63, 3.8) is 0 Å². The molecule has 0 aliphatic carbocycles. The summed E-state index contributed by atoms with van der Waals surface area (Å²) < 4.78 is 1.02. The molecule has 0 spiro atoms. The zero-order chi connectivity index (χ0) is 19.7. The first-order chi connectivity index (χ1) is 13.5. The van der Waals surface area contributed by atoms with Crippen molar-refractivity contribution in [1.29, 1.82) is 0 Å². The van der Waals surface area contributed by atoms with Gasteiger partial charge in [-0.1, -0.05) is 41.6 Å². The third-order valence-corrected chi connectivity index (χ3v) is 4.62. The number of H-pyrrole nitrogens is 1. The molecule has 2 aromatic heterocycles. The van der Waals surface area contributed by atoms with E-state index in [1.54, 1.807) is 37.4 Å². The van der Waals surface area contributed by atoms with Crippen molar-refractivity contribution in [3.8, 4) is 17.5 Å². The molecule has 0 unspecified atom stereocenters. The minimum atomic E-state index is -0.597. The molecule has 0 atom stereocenters. The molecule has 4 rings (SSSR count). The molecular weight excluding hydrogens is 374 g/mol. The Bertz CT molecular complexity index is 1380. The highest BCUT2D eigenvalue weighted by molar-refractivity contribution is 6.32. The Labute approximate surface area is 165 Å². The van der Waals surface area contributed by atoms with Crippen LogP contribution in [0.25, 0.3) is 16.7 Å². The topological polar surface area (TPSA) is 67.8 Å². The number of hydrogen-bond donors (Lipinski definition) is 1. The molecular formula is C22H14ClN3O2. The van der Waals surface area contributed by atoms with Crippen LogP contribution in [0.15, 0.2) is 70.4 Å². The van der Waals surface area contributed by atoms with Crippen molar-refractivity contribution < 1.29 is 0 Å². The maximum atomic E-state index is 12.9. The molecule has 0 aliphatic heterocycles. The van der Waals surface area contributed by atoms with Crippen molar-refractivity contribution >= 4 is 22.6 Å². The summed E-state index contributed by atoms with van der Waals surface area (Å²) in [4.78, 5) is 32.1. The third kappa shape index (κ3) is 3.22. The molecule has 0 fully saturated rings. The van der Waals surface area contributed by atoms with Gasteiger partial charge in [-0.25, -0.2) is 14.3 Å². The lowest BCUT2D eigenvalue weighted by molar-refractivity contribution is 0.894. The van der Waals surface area contributed by atoms with E-state index in [1.165, 1.54) is 0 Å². The molecule has 5 nitrogen and oxygen atoms in total. The molecule has 0 amide bonds. The van der Waals surface area contributed by atoms with Crippen molar-refractivity contribution in [1.82, 2.24) is 14.5 Å². The minimum Gasteiger partial charge on any atom is -0.291 e. The molecule has 2 aromatic carbocycles. The largest absolute Gasteiger partial charge is 0.334 e. The lowest BCUT2D eigenvalue weighted by atomic mass is 10.1. The fourth-order valence-corrected chi connectivity index (χ4v) is 3.20. The fraction of sp³-hybridized carbons (Fsp3) is 0.0455. The van der Waals surface area contributed by atoms with Gasteiger partial charge in [-0.3, -0.25) is 9.78 Å². The number of fused-ring (bicyclic) bond motifs is 1. The highest BCUT2D eigenvalue weighted by Crippen LogP contribution is 2.20. The highest BCUT2D eigenvalue weighted by Gasteiger charge is 2.14.